The Hall–Kier alpha value is -1.01. The van der Waals surface area contributed by atoms with Crippen molar-refractivity contribution in [2.75, 3.05) is 0 Å². The maximum atomic E-state index is 11.0. The summed E-state index contributed by atoms with van der Waals surface area (Å²) in [6, 6.07) is 0.297. The molecule has 1 amide bonds. The second-order valence-corrected chi connectivity index (χ2v) is 4.91. The third kappa shape index (κ3) is 2.74. The molecule has 1 rings (SSSR count). The Morgan fingerprint density at radius 1 is 1.64 bits per heavy atom. The van der Waals surface area contributed by atoms with Gasteiger partial charge in [0.2, 0.25) is 5.91 Å². The van der Waals surface area contributed by atoms with Crippen LogP contribution in [0.4, 0.5) is 0 Å². The summed E-state index contributed by atoms with van der Waals surface area (Å²) in [5.74, 6) is 0.173. The summed E-state index contributed by atoms with van der Waals surface area (Å²) in [6.07, 6.45) is 2.50. The minimum absolute atomic E-state index is 0.106. The molecule has 1 atom stereocenters. The van der Waals surface area contributed by atoms with E-state index in [0.29, 0.717) is 12.5 Å². The Labute approximate surface area is 86.1 Å². The highest BCUT2D eigenvalue weighted by Crippen LogP contribution is 2.29. The van der Waals surface area contributed by atoms with Gasteiger partial charge >= 0.3 is 0 Å². The fourth-order valence-corrected chi connectivity index (χ4v) is 1.72. The van der Waals surface area contributed by atoms with Crippen molar-refractivity contribution in [3.05, 3.63) is 17.9 Å². The van der Waals surface area contributed by atoms with Crippen molar-refractivity contribution in [1.29, 1.82) is 0 Å². The number of nitrogens with one attached hydrogen (secondary N) is 1. The summed E-state index contributed by atoms with van der Waals surface area (Å²) in [4.78, 5) is 11.0. The second-order valence-electron chi connectivity index (χ2n) is 4.91. The Balaban J connectivity index is 2.59. The molecule has 78 valence electrons. The van der Waals surface area contributed by atoms with Crippen LogP contribution >= 0.6 is 0 Å². The van der Waals surface area contributed by atoms with Gasteiger partial charge in [-0.05, 0) is 23.8 Å². The largest absolute Gasteiger partial charge is 0.353 e. The maximum absolute atomic E-state index is 11.0. The molecule has 0 aromatic rings. The lowest BCUT2D eigenvalue weighted by molar-refractivity contribution is -0.119. The molecule has 0 radical (unpaired) electrons. The van der Waals surface area contributed by atoms with Crippen LogP contribution in [0.3, 0.4) is 0 Å². The van der Waals surface area contributed by atoms with E-state index >= 15 is 0 Å². The monoisotopic (exact) mass is 193 g/mol. The molecule has 0 saturated carbocycles. The molecule has 1 fully saturated rings. The van der Waals surface area contributed by atoms with E-state index in [0.717, 1.165) is 12.8 Å². The van der Waals surface area contributed by atoms with E-state index in [1.165, 1.54) is 5.57 Å². The molecule has 0 aromatic carbocycles. The number of rotatable bonds is 2. The van der Waals surface area contributed by atoms with E-state index in [9.17, 15) is 4.79 Å². The smallest absolute Gasteiger partial charge is 0.220 e. The molecular weight excluding hydrogens is 174 g/mol. The third-order valence-corrected chi connectivity index (χ3v) is 2.65. The number of hydrogen-bond acceptors (Lipinski definition) is 1. The summed E-state index contributed by atoms with van der Waals surface area (Å²) in [6.45, 7) is 10.2. The average molecular weight is 193 g/mol. The predicted octanol–water partition coefficient (Wildman–Crippen LogP) is 2.41. The topological polar surface area (TPSA) is 29.1 Å². The minimum atomic E-state index is 0.106. The van der Waals surface area contributed by atoms with E-state index < -0.39 is 0 Å². The van der Waals surface area contributed by atoms with Gasteiger partial charge in [-0.15, -0.1) is 5.73 Å². The molecule has 1 saturated heterocycles. The Bertz CT molecular complexity index is 279. The van der Waals surface area contributed by atoms with Crippen LogP contribution in [0, 0.1) is 5.41 Å². The zero-order chi connectivity index (χ0) is 10.8. The van der Waals surface area contributed by atoms with Crippen LogP contribution in [-0.4, -0.2) is 11.9 Å². The highest BCUT2D eigenvalue weighted by atomic mass is 16.1. The fourth-order valence-electron chi connectivity index (χ4n) is 1.72. The van der Waals surface area contributed by atoms with E-state index in [-0.39, 0.29) is 11.3 Å². The lowest BCUT2D eigenvalue weighted by atomic mass is 9.83. The summed E-state index contributed by atoms with van der Waals surface area (Å²) >= 11 is 0. The first kappa shape index (κ1) is 11.1. The van der Waals surface area contributed by atoms with Crippen LogP contribution in [0.5, 0.6) is 0 Å². The van der Waals surface area contributed by atoms with Crippen molar-refractivity contribution < 1.29 is 4.79 Å². The third-order valence-electron chi connectivity index (χ3n) is 2.65. The van der Waals surface area contributed by atoms with Crippen LogP contribution in [0.2, 0.25) is 0 Å². The Kier molecular flexibility index (Phi) is 3.17. The molecule has 1 aliphatic heterocycles. The van der Waals surface area contributed by atoms with Gasteiger partial charge in [0.05, 0.1) is 0 Å². The normalized spacial score (nSPS) is 21.6. The quantitative estimate of drug-likeness (QED) is 0.670. The van der Waals surface area contributed by atoms with Gasteiger partial charge < -0.3 is 5.32 Å². The number of carbonyl (C=O) groups excluding carboxylic acids is 1. The number of carbonyl (C=O) groups is 1. The van der Waals surface area contributed by atoms with Crippen molar-refractivity contribution in [2.24, 2.45) is 5.41 Å². The van der Waals surface area contributed by atoms with Gasteiger partial charge in [0.1, 0.15) is 0 Å². The number of amides is 1. The molecule has 1 unspecified atom stereocenters. The zero-order valence-corrected chi connectivity index (χ0v) is 9.31. The minimum Gasteiger partial charge on any atom is -0.353 e. The van der Waals surface area contributed by atoms with Gasteiger partial charge in [-0.1, -0.05) is 27.4 Å². The highest BCUT2D eigenvalue weighted by molar-refractivity contribution is 5.78. The highest BCUT2D eigenvalue weighted by Gasteiger charge is 2.25. The zero-order valence-electron chi connectivity index (χ0n) is 9.31. The van der Waals surface area contributed by atoms with Gasteiger partial charge in [0.25, 0.3) is 0 Å². The molecular formula is C12H19NO. The summed E-state index contributed by atoms with van der Waals surface area (Å²) in [7, 11) is 0. The molecule has 0 bridgehead atoms. The molecule has 0 aliphatic carbocycles. The molecule has 1 N–H and O–H groups in total. The Morgan fingerprint density at radius 3 is 2.64 bits per heavy atom. The molecule has 0 aromatic heterocycles. The standard InChI is InChI=1S/C12H19NO/c1-5-9(12(2,3)4)8-10-6-7-11(14)13-10/h10H,1,6-8H2,2-4H3,(H,13,14). The van der Waals surface area contributed by atoms with Gasteiger partial charge in [-0.2, -0.15) is 0 Å². The van der Waals surface area contributed by atoms with Crippen molar-refractivity contribution >= 4 is 5.91 Å². The van der Waals surface area contributed by atoms with Crippen LogP contribution < -0.4 is 5.32 Å². The summed E-state index contributed by atoms with van der Waals surface area (Å²) in [5.41, 5.74) is 4.30. The average Bonchev–Trinajstić information content (AvgIpc) is 2.45. The molecule has 0 spiro atoms. The van der Waals surface area contributed by atoms with Gasteiger partial charge in [0.15, 0.2) is 0 Å². The van der Waals surface area contributed by atoms with E-state index in [4.69, 9.17) is 0 Å². The summed E-state index contributed by atoms with van der Waals surface area (Å²) < 4.78 is 0. The lowest BCUT2D eigenvalue weighted by Gasteiger charge is -2.23. The predicted molar refractivity (Wildman–Crippen MR) is 57.9 cm³/mol. The molecule has 1 aliphatic rings. The van der Waals surface area contributed by atoms with Crippen molar-refractivity contribution in [1.82, 2.24) is 5.32 Å². The maximum Gasteiger partial charge on any atom is 0.220 e. The van der Waals surface area contributed by atoms with E-state index in [2.05, 4.69) is 38.4 Å². The Morgan fingerprint density at radius 2 is 2.29 bits per heavy atom. The van der Waals surface area contributed by atoms with Gasteiger partial charge in [-0.25, -0.2) is 0 Å². The number of hydrogen-bond donors (Lipinski definition) is 1. The molecule has 1 heterocycles. The van der Waals surface area contributed by atoms with Crippen molar-refractivity contribution in [3.63, 3.8) is 0 Å². The first-order valence-electron chi connectivity index (χ1n) is 5.12. The second kappa shape index (κ2) is 4.02. The van der Waals surface area contributed by atoms with E-state index in [1.54, 1.807) is 0 Å². The van der Waals surface area contributed by atoms with Crippen molar-refractivity contribution in [2.45, 2.75) is 46.1 Å². The van der Waals surface area contributed by atoms with Crippen LogP contribution in [-0.2, 0) is 4.79 Å². The molecule has 2 heteroatoms. The lowest BCUT2D eigenvalue weighted by Crippen LogP contribution is -2.27. The van der Waals surface area contributed by atoms with Gasteiger partial charge in [0, 0.05) is 12.5 Å². The van der Waals surface area contributed by atoms with Gasteiger partial charge in [-0.3, -0.25) is 4.79 Å². The summed E-state index contributed by atoms with van der Waals surface area (Å²) in [5, 5.41) is 2.96. The first-order valence-corrected chi connectivity index (χ1v) is 5.12. The SMILES string of the molecule is C=C=C(CC1CCC(=O)N1)C(C)(C)C. The van der Waals surface area contributed by atoms with Crippen LogP contribution in [0.1, 0.15) is 40.0 Å². The first-order chi connectivity index (χ1) is 6.43. The van der Waals surface area contributed by atoms with Crippen LogP contribution in [0.15, 0.2) is 17.9 Å². The molecule has 14 heavy (non-hydrogen) atoms. The van der Waals surface area contributed by atoms with Crippen LogP contribution in [0.25, 0.3) is 0 Å². The van der Waals surface area contributed by atoms with E-state index in [1.807, 2.05) is 0 Å². The molecule has 2 nitrogen and oxygen atoms in total. The van der Waals surface area contributed by atoms with Crippen molar-refractivity contribution in [3.8, 4) is 0 Å². The fraction of sp³-hybridized carbons (Fsp3) is 0.667.